The van der Waals surface area contributed by atoms with Crippen LogP contribution >= 0.6 is 11.3 Å². The molecule has 16 heteroatoms. The average Bonchev–Trinajstić information content (AvgIpc) is 3.47. The van der Waals surface area contributed by atoms with Gasteiger partial charge in [0.1, 0.15) is 10.3 Å². The van der Waals surface area contributed by atoms with Crippen molar-refractivity contribution in [3.8, 4) is 10.8 Å². The van der Waals surface area contributed by atoms with E-state index in [2.05, 4.69) is 15.7 Å². The smallest absolute Gasteiger partial charge is 0.263 e. The minimum absolute atomic E-state index is 0.0412. The number of carbonyl (C=O) groups excluding carboxylic acids is 1. The Morgan fingerprint density at radius 2 is 2.00 bits per heavy atom. The highest BCUT2D eigenvalue weighted by Gasteiger charge is 2.43. The summed E-state index contributed by atoms with van der Waals surface area (Å²) in [7, 11) is -7.81. The van der Waals surface area contributed by atoms with Crippen molar-refractivity contribution in [2.75, 3.05) is 32.5 Å². The molecule has 0 saturated carbocycles. The van der Waals surface area contributed by atoms with Gasteiger partial charge in [0.2, 0.25) is 15.9 Å². The summed E-state index contributed by atoms with van der Waals surface area (Å²) in [5.41, 5.74) is 2.26. The number of hydroxylamine groups is 1. The lowest BCUT2D eigenvalue weighted by atomic mass is 10.2. The van der Waals surface area contributed by atoms with E-state index in [9.17, 15) is 21.6 Å². The molecule has 1 amide bonds. The molecule has 1 unspecified atom stereocenters. The zero-order valence-electron chi connectivity index (χ0n) is 18.5. The van der Waals surface area contributed by atoms with E-state index < -0.39 is 38.3 Å². The minimum Gasteiger partial charge on any atom is -0.420 e. The first-order valence-corrected chi connectivity index (χ1v) is 14.6. The van der Waals surface area contributed by atoms with Gasteiger partial charge in [0.15, 0.2) is 6.29 Å². The normalized spacial score (nSPS) is 23.1. The van der Waals surface area contributed by atoms with Gasteiger partial charge in [-0.2, -0.15) is 8.61 Å². The quantitative estimate of drug-likeness (QED) is 0.489. The summed E-state index contributed by atoms with van der Waals surface area (Å²) in [5.74, 6) is -0.264. The van der Waals surface area contributed by atoms with Crippen LogP contribution in [0.25, 0.3) is 10.8 Å². The number of ether oxygens (including phenoxy) is 1. The van der Waals surface area contributed by atoms with Crippen molar-refractivity contribution in [2.45, 2.75) is 42.7 Å². The molecule has 0 spiro atoms. The highest BCUT2D eigenvalue weighted by Crippen LogP contribution is 2.33. The lowest BCUT2D eigenvalue weighted by Crippen LogP contribution is -2.61. The Morgan fingerprint density at radius 3 is 2.65 bits per heavy atom. The van der Waals surface area contributed by atoms with Crippen molar-refractivity contribution < 1.29 is 35.6 Å². The lowest BCUT2D eigenvalue weighted by molar-refractivity contribution is -0.202. The van der Waals surface area contributed by atoms with Crippen LogP contribution in [0.5, 0.6) is 0 Å². The van der Waals surface area contributed by atoms with Crippen molar-refractivity contribution in [1.29, 1.82) is 0 Å². The highest BCUT2D eigenvalue weighted by atomic mass is 32.2. The Bertz CT molecular complexity index is 1240. The Hall–Kier alpha value is -1.95. The summed E-state index contributed by atoms with van der Waals surface area (Å²) in [4.78, 5) is 18.7. The zero-order chi connectivity index (χ0) is 24.5. The number of hydrogen-bond donors (Lipinski definition) is 1. The molecule has 2 aromatic rings. The number of thiophene rings is 1. The van der Waals surface area contributed by atoms with Crippen LogP contribution in [0.2, 0.25) is 0 Å². The molecule has 4 heterocycles. The van der Waals surface area contributed by atoms with Crippen LogP contribution in [0.3, 0.4) is 0 Å². The van der Waals surface area contributed by atoms with Crippen molar-refractivity contribution in [3.05, 3.63) is 18.0 Å². The van der Waals surface area contributed by atoms with Crippen LogP contribution in [0.1, 0.15) is 25.2 Å². The second kappa shape index (κ2) is 9.96. The van der Waals surface area contributed by atoms with E-state index in [-0.39, 0.29) is 29.7 Å². The number of nitrogens with zero attached hydrogens (tertiary/aromatic N) is 4. The molecular weight excluding hydrogens is 510 g/mol. The highest BCUT2D eigenvalue weighted by molar-refractivity contribution is 7.91. The fraction of sp³-hybridized carbons (Fsp3) is 0.611. The lowest BCUT2D eigenvalue weighted by Gasteiger charge is -2.38. The maximum Gasteiger partial charge on any atom is 0.263 e. The van der Waals surface area contributed by atoms with Crippen molar-refractivity contribution in [3.63, 3.8) is 0 Å². The Balaban J connectivity index is 1.56. The first-order chi connectivity index (χ1) is 16.1. The SMILES string of the molecule is Cc1nnc(-c2ccc(S(=O)(=O)N3CCN(S(C)(=O)=O)C[C@@H]3C(=O)NOC3CCCCO3)s2)o1. The molecule has 2 fully saturated rings. The number of nitrogens with one attached hydrogen (secondary N) is 1. The predicted molar refractivity (Wildman–Crippen MR) is 119 cm³/mol. The van der Waals surface area contributed by atoms with E-state index >= 15 is 0 Å². The summed E-state index contributed by atoms with van der Waals surface area (Å²) in [6.07, 6.45) is 2.70. The van der Waals surface area contributed by atoms with Crippen LogP contribution in [-0.2, 0) is 34.4 Å². The van der Waals surface area contributed by atoms with E-state index in [1.165, 1.54) is 12.1 Å². The van der Waals surface area contributed by atoms with Crippen LogP contribution in [0.15, 0.2) is 20.8 Å². The zero-order valence-corrected chi connectivity index (χ0v) is 21.0. The predicted octanol–water partition coefficient (Wildman–Crippen LogP) is 0.315. The van der Waals surface area contributed by atoms with Gasteiger partial charge in [0.05, 0.1) is 11.1 Å². The van der Waals surface area contributed by atoms with Gasteiger partial charge in [-0.3, -0.25) is 4.79 Å². The van der Waals surface area contributed by atoms with E-state index in [1.807, 2.05) is 0 Å². The van der Waals surface area contributed by atoms with Gasteiger partial charge in [-0.15, -0.1) is 21.5 Å². The number of aromatic nitrogens is 2. The Kier molecular flexibility index (Phi) is 7.37. The van der Waals surface area contributed by atoms with Crippen LogP contribution in [0, 0.1) is 6.92 Å². The van der Waals surface area contributed by atoms with Gasteiger partial charge in [0, 0.05) is 39.6 Å². The topological polar surface area (TPSA) is 161 Å². The van der Waals surface area contributed by atoms with Crippen molar-refractivity contribution in [2.24, 2.45) is 0 Å². The van der Waals surface area contributed by atoms with Gasteiger partial charge < -0.3 is 9.15 Å². The molecule has 188 valence electrons. The number of aryl methyl sites for hydroxylation is 1. The number of hydrogen-bond acceptors (Lipinski definition) is 11. The summed E-state index contributed by atoms with van der Waals surface area (Å²) in [6, 6.07) is 1.59. The monoisotopic (exact) mass is 535 g/mol. The molecule has 2 saturated heterocycles. The molecule has 2 aliphatic rings. The summed E-state index contributed by atoms with van der Waals surface area (Å²) < 4.78 is 63.9. The molecule has 4 rings (SSSR count). The molecule has 34 heavy (non-hydrogen) atoms. The first-order valence-electron chi connectivity index (χ1n) is 10.5. The summed E-state index contributed by atoms with van der Waals surface area (Å²) >= 11 is 0.915. The molecule has 2 aromatic heterocycles. The molecule has 0 bridgehead atoms. The molecule has 0 aromatic carbocycles. The Morgan fingerprint density at radius 1 is 1.21 bits per heavy atom. The van der Waals surface area contributed by atoms with Gasteiger partial charge in [0.25, 0.3) is 21.8 Å². The van der Waals surface area contributed by atoms with Crippen LogP contribution < -0.4 is 5.48 Å². The van der Waals surface area contributed by atoms with Gasteiger partial charge in [-0.25, -0.2) is 27.2 Å². The summed E-state index contributed by atoms with van der Waals surface area (Å²) in [6.45, 7) is 1.47. The maximum atomic E-state index is 13.5. The fourth-order valence-corrected chi connectivity index (χ4v) is 7.38. The van der Waals surface area contributed by atoms with Gasteiger partial charge in [-0.1, -0.05) is 0 Å². The number of carbonyl (C=O) groups is 1. The standard InChI is InChI=1S/C18H25N5O8S3/c1-12-19-20-18(30-12)14-6-7-16(32-14)34(27,28)23-9-8-22(33(2,25)26)11-13(23)17(24)21-31-15-5-3-4-10-29-15/h6-7,13,15H,3-5,8-11H2,1-2H3,(H,21,24)/t13-,15?/m1/s1. The van der Waals surface area contributed by atoms with E-state index in [1.54, 1.807) is 6.92 Å². The number of sulfonamides is 2. The average molecular weight is 536 g/mol. The fourth-order valence-electron chi connectivity index (χ4n) is 3.63. The van der Waals surface area contributed by atoms with Crippen LogP contribution in [0.4, 0.5) is 0 Å². The van der Waals surface area contributed by atoms with E-state index in [0.29, 0.717) is 23.8 Å². The molecule has 0 aliphatic carbocycles. The molecule has 13 nitrogen and oxygen atoms in total. The maximum absolute atomic E-state index is 13.5. The second-order valence-electron chi connectivity index (χ2n) is 7.88. The van der Waals surface area contributed by atoms with Crippen molar-refractivity contribution >= 4 is 37.3 Å². The molecule has 2 aliphatic heterocycles. The molecular formula is C18H25N5O8S3. The van der Waals surface area contributed by atoms with Gasteiger partial charge in [-0.05, 0) is 25.0 Å². The second-order valence-corrected chi connectivity index (χ2v) is 13.1. The molecule has 1 N–H and O–H groups in total. The largest absolute Gasteiger partial charge is 0.420 e. The molecule has 2 atom stereocenters. The third kappa shape index (κ3) is 5.48. The first kappa shape index (κ1) is 25.2. The summed E-state index contributed by atoms with van der Waals surface area (Å²) in [5, 5.41) is 7.63. The number of piperazine rings is 1. The van der Waals surface area contributed by atoms with Gasteiger partial charge >= 0.3 is 0 Å². The molecule has 0 radical (unpaired) electrons. The van der Waals surface area contributed by atoms with Crippen molar-refractivity contribution in [1.82, 2.24) is 24.3 Å². The third-order valence-electron chi connectivity index (χ3n) is 5.38. The number of amides is 1. The van der Waals surface area contributed by atoms with E-state index in [4.69, 9.17) is 14.0 Å². The number of rotatable bonds is 7. The van der Waals surface area contributed by atoms with Crippen LogP contribution in [-0.4, -0.2) is 86.4 Å². The van der Waals surface area contributed by atoms with E-state index in [0.717, 1.165) is 39.0 Å². The third-order valence-corrected chi connectivity index (χ3v) is 10.1. The minimum atomic E-state index is -4.16. The Labute approximate surface area is 201 Å².